The third-order valence-corrected chi connectivity index (χ3v) is 5.15. The molecule has 5 rings (SSSR count). The molecule has 0 N–H and O–H groups in total. The number of benzene rings is 4. The number of hydrogen-bond donors (Lipinski definition) is 0. The zero-order chi connectivity index (χ0) is 19.8. The van der Waals surface area contributed by atoms with Crippen molar-refractivity contribution in [3.63, 3.8) is 0 Å². The highest BCUT2D eigenvalue weighted by Crippen LogP contribution is 2.44. The van der Waals surface area contributed by atoms with E-state index >= 15 is 0 Å². The molecule has 0 atom stereocenters. The van der Waals surface area contributed by atoms with Gasteiger partial charge in [-0.1, -0.05) is 91.0 Å². The molecule has 0 aromatic heterocycles. The van der Waals surface area contributed by atoms with Crippen LogP contribution in [0.5, 0.6) is 0 Å². The Morgan fingerprint density at radius 2 is 0.862 bits per heavy atom. The van der Waals surface area contributed by atoms with Crippen molar-refractivity contribution in [3.8, 4) is 33.4 Å². The van der Waals surface area contributed by atoms with Crippen LogP contribution in [-0.2, 0) is 4.74 Å². The average molecular weight is 376 g/mol. The lowest BCUT2D eigenvalue weighted by Crippen LogP contribution is -2.01. The highest BCUT2D eigenvalue weighted by molar-refractivity contribution is 6.22. The van der Waals surface area contributed by atoms with Crippen LogP contribution >= 0.6 is 0 Å². The van der Waals surface area contributed by atoms with E-state index in [4.69, 9.17) is 4.74 Å². The maximum atomic E-state index is 12.8. The zero-order valence-corrected chi connectivity index (χ0v) is 15.5. The van der Waals surface area contributed by atoms with Gasteiger partial charge in [0.1, 0.15) is 0 Å². The molecule has 0 radical (unpaired) electrons. The summed E-state index contributed by atoms with van der Waals surface area (Å²) in [5, 5.41) is 0. The van der Waals surface area contributed by atoms with Gasteiger partial charge in [-0.2, -0.15) is 0 Å². The number of fused-ring (bicyclic) bond motifs is 1. The summed E-state index contributed by atoms with van der Waals surface area (Å²) < 4.78 is 5.07. The average Bonchev–Trinajstić information content (AvgIpc) is 3.08. The maximum absolute atomic E-state index is 12.8. The van der Waals surface area contributed by atoms with E-state index in [1.165, 1.54) is 0 Å². The van der Waals surface area contributed by atoms with E-state index in [1.807, 2.05) is 97.1 Å². The van der Waals surface area contributed by atoms with Crippen LogP contribution in [0.3, 0.4) is 0 Å². The molecule has 29 heavy (non-hydrogen) atoms. The summed E-state index contributed by atoms with van der Waals surface area (Å²) in [7, 11) is 0. The quantitative estimate of drug-likeness (QED) is 0.325. The number of ether oxygens (including phenoxy) is 1. The van der Waals surface area contributed by atoms with Crippen molar-refractivity contribution in [1.82, 2.24) is 0 Å². The van der Waals surface area contributed by atoms with Crippen LogP contribution in [0.1, 0.15) is 20.7 Å². The molecule has 1 aliphatic rings. The summed E-state index contributed by atoms with van der Waals surface area (Å²) in [6, 6.07) is 31.1. The molecule has 0 unspecified atom stereocenters. The van der Waals surface area contributed by atoms with E-state index in [0.717, 1.165) is 27.8 Å². The van der Waals surface area contributed by atoms with Gasteiger partial charge < -0.3 is 4.74 Å². The summed E-state index contributed by atoms with van der Waals surface area (Å²) in [5.41, 5.74) is 5.69. The molecule has 0 bridgehead atoms. The van der Waals surface area contributed by atoms with E-state index in [9.17, 15) is 9.59 Å². The lowest BCUT2D eigenvalue weighted by atomic mass is 9.84. The van der Waals surface area contributed by atoms with Crippen molar-refractivity contribution in [2.24, 2.45) is 0 Å². The minimum absolute atomic E-state index is 0.333. The molecule has 0 aliphatic carbocycles. The number of cyclic esters (lactones) is 2. The minimum Gasteiger partial charge on any atom is -0.386 e. The maximum Gasteiger partial charge on any atom is 0.347 e. The predicted octanol–water partition coefficient (Wildman–Crippen LogP) is 6.00. The van der Waals surface area contributed by atoms with Gasteiger partial charge in [-0.15, -0.1) is 0 Å². The smallest absolute Gasteiger partial charge is 0.347 e. The molecule has 4 aromatic rings. The molecule has 0 amide bonds. The summed E-state index contributed by atoms with van der Waals surface area (Å²) in [5.74, 6) is -1.19. The molecule has 0 saturated carbocycles. The Labute approximate surface area is 168 Å². The SMILES string of the molecule is O=C1OC(=O)c2c1c(-c1ccccc1)cc(-c1ccccc1)c2-c1ccccc1. The Bertz CT molecular complexity index is 1230. The van der Waals surface area contributed by atoms with Crippen LogP contribution in [0.25, 0.3) is 33.4 Å². The normalized spacial score (nSPS) is 12.6. The van der Waals surface area contributed by atoms with E-state index in [2.05, 4.69) is 0 Å². The van der Waals surface area contributed by atoms with Crippen molar-refractivity contribution in [2.45, 2.75) is 0 Å². The molecule has 4 aromatic carbocycles. The molecule has 0 saturated heterocycles. The molecule has 3 heteroatoms. The fourth-order valence-electron chi connectivity index (χ4n) is 3.88. The summed E-state index contributed by atoms with van der Waals surface area (Å²) in [6.07, 6.45) is 0. The fourth-order valence-corrected chi connectivity index (χ4v) is 3.88. The second kappa shape index (κ2) is 6.88. The Hall–Kier alpha value is -3.98. The Morgan fingerprint density at radius 1 is 0.448 bits per heavy atom. The molecule has 1 heterocycles. The van der Waals surface area contributed by atoms with Gasteiger partial charge in [0.15, 0.2) is 0 Å². The Morgan fingerprint density at radius 3 is 1.38 bits per heavy atom. The van der Waals surface area contributed by atoms with Crippen LogP contribution in [0.2, 0.25) is 0 Å². The molecular formula is C26H16O3. The highest BCUT2D eigenvalue weighted by atomic mass is 16.6. The first-order valence-corrected chi connectivity index (χ1v) is 9.38. The summed E-state index contributed by atoms with van der Waals surface area (Å²) in [6.45, 7) is 0. The topological polar surface area (TPSA) is 43.4 Å². The van der Waals surface area contributed by atoms with Gasteiger partial charge in [-0.25, -0.2) is 9.59 Å². The fraction of sp³-hybridized carbons (Fsp3) is 0. The van der Waals surface area contributed by atoms with Crippen LogP contribution in [-0.4, -0.2) is 11.9 Å². The minimum atomic E-state index is -0.598. The first-order valence-electron chi connectivity index (χ1n) is 9.38. The van der Waals surface area contributed by atoms with Crippen molar-refractivity contribution in [2.75, 3.05) is 0 Å². The Balaban J connectivity index is 1.93. The van der Waals surface area contributed by atoms with Crippen molar-refractivity contribution in [3.05, 3.63) is 108 Å². The van der Waals surface area contributed by atoms with E-state index in [0.29, 0.717) is 16.7 Å². The third-order valence-electron chi connectivity index (χ3n) is 5.15. The monoisotopic (exact) mass is 376 g/mol. The van der Waals surface area contributed by atoms with Gasteiger partial charge >= 0.3 is 11.9 Å². The van der Waals surface area contributed by atoms with Gasteiger partial charge in [-0.05, 0) is 33.9 Å². The van der Waals surface area contributed by atoms with Gasteiger partial charge in [0, 0.05) is 5.56 Å². The van der Waals surface area contributed by atoms with Crippen molar-refractivity contribution >= 4 is 11.9 Å². The first kappa shape index (κ1) is 17.1. The van der Waals surface area contributed by atoms with Crippen LogP contribution in [0.4, 0.5) is 0 Å². The standard InChI is InChI=1S/C26H16O3/c27-25-23-21(18-12-6-2-7-13-18)16-20(17-10-4-1-5-11-17)22(24(23)26(28)29-25)19-14-8-3-9-15-19/h1-16H. The molecule has 138 valence electrons. The number of carbonyl (C=O) groups excluding carboxylic acids is 2. The molecule has 1 aliphatic heterocycles. The molecular weight excluding hydrogens is 360 g/mol. The second-order valence-electron chi connectivity index (χ2n) is 6.87. The summed E-state index contributed by atoms with van der Waals surface area (Å²) >= 11 is 0. The van der Waals surface area contributed by atoms with Gasteiger partial charge in [-0.3, -0.25) is 0 Å². The van der Waals surface area contributed by atoms with Gasteiger partial charge in [0.2, 0.25) is 0 Å². The van der Waals surface area contributed by atoms with Gasteiger partial charge in [0.05, 0.1) is 11.1 Å². The van der Waals surface area contributed by atoms with Crippen LogP contribution in [0, 0.1) is 0 Å². The lowest BCUT2D eigenvalue weighted by Gasteiger charge is -2.16. The number of hydrogen-bond acceptors (Lipinski definition) is 3. The Kier molecular flexibility index (Phi) is 4.07. The number of carbonyl (C=O) groups is 2. The van der Waals surface area contributed by atoms with E-state index in [1.54, 1.807) is 0 Å². The highest BCUT2D eigenvalue weighted by Gasteiger charge is 2.37. The zero-order valence-electron chi connectivity index (χ0n) is 15.5. The van der Waals surface area contributed by atoms with Crippen LogP contribution in [0.15, 0.2) is 97.1 Å². The molecule has 0 spiro atoms. The van der Waals surface area contributed by atoms with E-state index in [-0.39, 0.29) is 0 Å². The summed E-state index contributed by atoms with van der Waals surface area (Å²) in [4.78, 5) is 25.5. The second-order valence-corrected chi connectivity index (χ2v) is 6.87. The van der Waals surface area contributed by atoms with Crippen LogP contribution < -0.4 is 0 Å². The first-order chi connectivity index (χ1) is 14.2. The van der Waals surface area contributed by atoms with E-state index < -0.39 is 11.9 Å². The number of rotatable bonds is 3. The van der Waals surface area contributed by atoms with Crippen molar-refractivity contribution < 1.29 is 14.3 Å². The molecule has 3 nitrogen and oxygen atoms in total. The lowest BCUT2D eigenvalue weighted by molar-refractivity contribution is 0.0444. The number of esters is 2. The van der Waals surface area contributed by atoms with Gasteiger partial charge in [0.25, 0.3) is 0 Å². The third kappa shape index (κ3) is 2.84. The van der Waals surface area contributed by atoms with Crippen molar-refractivity contribution in [1.29, 1.82) is 0 Å². The predicted molar refractivity (Wildman–Crippen MR) is 112 cm³/mol. The molecule has 0 fully saturated rings. The largest absolute Gasteiger partial charge is 0.386 e.